The Morgan fingerprint density at radius 1 is 1.00 bits per heavy atom. The lowest BCUT2D eigenvalue weighted by molar-refractivity contribution is -0.153. The van der Waals surface area contributed by atoms with Crippen LogP contribution >= 0.6 is 0 Å². The fourth-order valence-electron chi connectivity index (χ4n) is 3.22. The largest absolute Gasteiger partial charge is 0.393 e. The third-order valence-corrected chi connectivity index (χ3v) is 4.75. The number of unbranched alkanes of at least 4 members (excludes halogenated alkanes) is 9. The number of rotatable bonds is 13. The number of hydrogen-bond donors (Lipinski definition) is 0. The molecule has 0 N–H and O–H groups in total. The van der Waals surface area contributed by atoms with E-state index in [1.165, 1.54) is 57.8 Å². The molecule has 0 aromatic rings. The highest BCUT2D eigenvalue weighted by molar-refractivity contribution is 5.94. The average molecular weight is 322 g/mol. The van der Waals surface area contributed by atoms with Crippen LogP contribution in [0.15, 0.2) is 12.2 Å². The lowest BCUT2D eigenvalue weighted by Gasteiger charge is -2.13. The van der Waals surface area contributed by atoms with E-state index < -0.39 is 0 Å². The molecule has 2 atom stereocenters. The molecule has 1 fully saturated rings. The van der Waals surface area contributed by atoms with Gasteiger partial charge in [-0.05, 0) is 25.2 Å². The minimum atomic E-state index is -0.370. The number of allylic oxidation sites excluding steroid dienone is 2. The molecule has 1 heterocycles. The zero-order chi connectivity index (χ0) is 16.9. The Kier molecular flexibility index (Phi) is 10.7. The molecule has 1 aliphatic heterocycles. The van der Waals surface area contributed by atoms with Crippen LogP contribution < -0.4 is 0 Å². The standard InChI is InChI=1S/C20H34O3/c1-3-5-6-7-8-9-10-11-12-13-14-15-17(4-2)18-16-19(21)23-20(18)22/h14-15,17-18H,3-13,16H2,1-2H3/b15-14+. The van der Waals surface area contributed by atoms with Gasteiger partial charge in [0.05, 0.1) is 12.3 Å². The molecule has 0 aromatic carbocycles. The van der Waals surface area contributed by atoms with E-state index in [4.69, 9.17) is 0 Å². The Morgan fingerprint density at radius 3 is 2.13 bits per heavy atom. The van der Waals surface area contributed by atoms with Crippen molar-refractivity contribution in [2.24, 2.45) is 11.8 Å². The minimum Gasteiger partial charge on any atom is -0.393 e. The van der Waals surface area contributed by atoms with Crippen LogP contribution in [0, 0.1) is 11.8 Å². The lowest BCUT2D eigenvalue weighted by atomic mass is 9.88. The number of ether oxygens (including phenoxy) is 1. The lowest BCUT2D eigenvalue weighted by Crippen LogP contribution is -2.17. The molecule has 0 aliphatic carbocycles. The molecule has 132 valence electrons. The number of carbonyl (C=O) groups excluding carboxylic acids is 2. The van der Waals surface area contributed by atoms with Gasteiger partial charge in [0.25, 0.3) is 0 Å². The van der Waals surface area contributed by atoms with Crippen LogP contribution in [0.25, 0.3) is 0 Å². The predicted molar refractivity (Wildman–Crippen MR) is 94.0 cm³/mol. The van der Waals surface area contributed by atoms with E-state index in [1.54, 1.807) is 0 Å². The summed E-state index contributed by atoms with van der Waals surface area (Å²) in [7, 11) is 0. The van der Waals surface area contributed by atoms with Crippen molar-refractivity contribution in [3.63, 3.8) is 0 Å². The average Bonchev–Trinajstić information content (AvgIpc) is 2.87. The van der Waals surface area contributed by atoms with Crippen molar-refractivity contribution in [1.29, 1.82) is 0 Å². The summed E-state index contributed by atoms with van der Waals surface area (Å²) < 4.78 is 4.65. The molecule has 0 aromatic heterocycles. The number of carbonyl (C=O) groups is 2. The van der Waals surface area contributed by atoms with Gasteiger partial charge in [0.1, 0.15) is 0 Å². The molecule has 1 rings (SSSR count). The Labute approximate surface area is 141 Å². The first kappa shape index (κ1) is 19.9. The van der Waals surface area contributed by atoms with Gasteiger partial charge in [0.2, 0.25) is 0 Å². The van der Waals surface area contributed by atoms with E-state index in [1.807, 2.05) is 0 Å². The van der Waals surface area contributed by atoms with Crippen molar-refractivity contribution in [2.75, 3.05) is 0 Å². The van der Waals surface area contributed by atoms with Crippen molar-refractivity contribution >= 4 is 11.9 Å². The highest BCUT2D eigenvalue weighted by Crippen LogP contribution is 2.28. The van der Waals surface area contributed by atoms with Gasteiger partial charge in [0, 0.05) is 0 Å². The molecule has 2 unspecified atom stereocenters. The van der Waals surface area contributed by atoms with Crippen LogP contribution in [0.4, 0.5) is 0 Å². The van der Waals surface area contributed by atoms with Crippen LogP contribution in [-0.4, -0.2) is 11.9 Å². The fourth-order valence-corrected chi connectivity index (χ4v) is 3.22. The monoisotopic (exact) mass is 322 g/mol. The van der Waals surface area contributed by atoms with Crippen LogP contribution in [0.5, 0.6) is 0 Å². The SMILES string of the molecule is CCCCCCCCCCC/C=C/C(CC)C1CC(=O)OC1=O. The summed E-state index contributed by atoms with van der Waals surface area (Å²) >= 11 is 0. The van der Waals surface area contributed by atoms with E-state index in [-0.39, 0.29) is 30.2 Å². The predicted octanol–water partition coefficient (Wildman–Crippen LogP) is 5.58. The van der Waals surface area contributed by atoms with Crippen molar-refractivity contribution in [1.82, 2.24) is 0 Å². The molecule has 0 saturated carbocycles. The van der Waals surface area contributed by atoms with E-state index in [0.717, 1.165) is 12.8 Å². The Bertz CT molecular complexity index is 373. The van der Waals surface area contributed by atoms with Gasteiger partial charge in [-0.2, -0.15) is 0 Å². The molecule has 0 spiro atoms. The van der Waals surface area contributed by atoms with Crippen LogP contribution in [-0.2, 0) is 14.3 Å². The van der Waals surface area contributed by atoms with Gasteiger partial charge < -0.3 is 4.74 Å². The number of hydrogen-bond acceptors (Lipinski definition) is 3. The van der Waals surface area contributed by atoms with Gasteiger partial charge in [0.15, 0.2) is 0 Å². The second-order valence-corrected chi connectivity index (χ2v) is 6.72. The summed E-state index contributed by atoms with van der Waals surface area (Å²) in [5, 5.41) is 0. The molecular formula is C20H34O3. The molecule has 1 aliphatic rings. The van der Waals surface area contributed by atoms with Gasteiger partial charge in [-0.15, -0.1) is 0 Å². The van der Waals surface area contributed by atoms with Crippen LogP contribution in [0.2, 0.25) is 0 Å². The first-order valence-electron chi connectivity index (χ1n) is 9.60. The zero-order valence-corrected chi connectivity index (χ0v) is 15.0. The highest BCUT2D eigenvalue weighted by atomic mass is 16.6. The van der Waals surface area contributed by atoms with E-state index >= 15 is 0 Å². The maximum atomic E-state index is 11.6. The first-order chi connectivity index (χ1) is 11.2. The first-order valence-corrected chi connectivity index (χ1v) is 9.60. The smallest absolute Gasteiger partial charge is 0.317 e. The highest BCUT2D eigenvalue weighted by Gasteiger charge is 2.37. The van der Waals surface area contributed by atoms with Crippen molar-refractivity contribution in [2.45, 2.75) is 90.9 Å². The second kappa shape index (κ2) is 12.3. The van der Waals surface area contributed by atoms with Gasteiger partial charge in [-0.3, -0.25) is 9.59 Å². The topological polar surface area (TPSA) is 43.4 Å². The van der Waals surface area contributed by atoms with Gasteiger partial charge in [-0.1, -0.05) is 77.4 Å². The molecule has 3 heteroatoms. The Balaban J connectivity index is 2.06. The molecular weight excluding hydrogens is 288 g/mol. The van der Waals surface area contributed by atoms with E-state index in [2.05, 4.69) is 30.7 Å². The minimum absolute atomic E-state index is 0.146. The summed E-state index contributed by atoms with van der Waals surface area (Å²) in [6.07, 6.45) is 18.6. The molecule has 0 amide bonds. The summed E-state index contributed by atoms with van der Waals surface area (Å²) in [5.41, 5.74) is 0. The molecule has 0 radical (unpaired) electrons. The third kappa shape index (κ3) is 8.34. The Morgan fingerprint density at radius 2 is 1.61 bits per heavy atom. The van der Waals surface area contributed by atoms with E-state index in [0.29, 0.717) is 0 Å². The van der Waals surface area contributed by atoms with Crippen LogP contribution in [0.3, 0.4) is 0 Å². The molecule has 23 heavy (non-hydrogen) atoms. The molecule has 3 nitrogen and oxygen atoms in total. The number of esters is 2. The molecule has 0 bridgehead atoms. The van der Waals surface area contributed by atoms with Crippen molar-refractivity contribution < 1.29 is 14.3 Å². The van der Waals surface area contributed by atoms with Gasteiger partial charge >= 0.3 is 11.9 Å². The summed E-state index contributed by atoms with van der Waals surface area (Å²) in [6.45, 7) is 4.31. The quantitative estimate of drug-likeness (QED) is 0.192. The van der Waals surface area contributed by atoms with E-state index in [9.17, 15) is 9.59 Å². The summed E-state index contributed by atoms with van der Waals surface area (Å²) in [6, 6.07) is 0. The zero-order valence-electron chi connectivity index (χ0n) is 15.0. The normalized spacial score (nSPS) is 19.5. The summed E-state index contributed by atoms with van der Waals surface area (Å²) in [4.78, 5) is 22.8. The maximum Gasteiger partial charge on any atom is 0.317 e. The second-order valence-electron chi connectivity index (χ2n) is 6.72. The Hall–Kier alpha value is -1.12. The maximum absolute atomic E-state index is 11.6. The number of cyclic esters (lactones) is 2. The van der Waals surface area contributed by atoms with Gasteiger partial charge in [-0.25, -0.2) is 0 Å². The van der Waals surface area contributed by atoms with Crippen LogP contribution in [0.1, 0.15) is 90.9 Å². The molecule has 1 saturated heterocycles. The summed E-state index contributed by atoms with van der Waals surface area (Å²) in [5.74, 6) is -0.820. The van der Waals surface area contributed by atoms with Crippen molar-refractivity contribution in [3.05, 3.63) is 12.2 Å². The third-order valence-electron chi connectivity index (χ3n) is 4.75. The van der Waals surface area contributed by atoms with Crippen molar-refractivity contribution in [3.8, 4) is 0 Å². The fraction of sp³-hybridized carbons (Fsp3) is 0.800.